The van der Waals surface area contributed by atoms with Crippen molar-refractivity contribution in [3.8, 4) is 0 Å². The normalized spacial score (nSPS) is 9.33. The van der Waals surface area contributed by atoms with Gasteiger partial charge < -0.3 is 10.6 Å². The summed E-state index contributed by atoms with van der Waals surface area (Å²) >= 11 is 4.91. The number of rotatable bonds is 2. The summed E-state index contributed by atoms with van der Waals surface area (Å²) in [7, 11) is 0. The van der Waals surface area contributed by atoms with Gasteiger partial charge in [-0.3, -0.25) is 0 Å². The lowest BCUT2D eigenvalue weighted by Gasteiger charge is -2.10. The van der Waals surface area contributed by atoms with Gasteiger partial charge in [-0.1, -0.05) is 0 Å². The Hall–Kier alpha value is -0.310. The Morgan fingerprint density at radius 1 is 1.67 bits per heavy atom. The van der Waals surface area contributed by atoms with Crippen molar-refractivity contribution >= 4 is 17.3 Å². The molecule has 0 aliphatic rings. The second-order valence-electron chi connectivity index (χ2n) is 2.16. The fraction of sp³-hybridized carbons (Fsp3) is 0.833. The molecule has 0 aromatic heterocycles. The van der Waals surface area contributed by atoms with E-state index in [9.17, 15) is 0 Å². The lowest BCUT2D eigenvalue weighted by Crippen LogP contribution is -2.38. The molecule has 0 aliphatic heterocycles. The van der Waals surface area contributed by atoms with Crippen LogP contribution < -0.4 is 10.6 Å². The van der Waals surface area contributed by atoms with Gasteiger partial charge in [0.05, 0.1) is 0 Å². The molecule has 0 fully saturated rings. The minimum atomic E-state index is 0. The van der Waals surface area contributed by atoms with Crippen molar-refractivity contribution in [2.45, 2.75) is 26.8 Å². The predicted molar refractivity (Wildman–Crippen MR) is 46.7 cm³/mol. The van der Waals surface area contributed by atoms with Crippen LogP contribution in [0.3, 0.4) is 0 Å². The van der Waals surface area contributed by atoms with E-state index >= 15 is 0 Å². The van der Waals surface area contributed by atoms with Crippen LogP contribution in [0.25, 0.3) is 0 Å². The molecule has 0 saturated carbocycles. The zero-order chi connectivity index (χ0) is 7.28. The second kappa shape index (κ2) is 4.56. The Balaban J connectivity index is 0. The van der Waals surface area contributed by atoms with Gasteiger partial charge in [0.15, 0.2) is 5.11 Å². The second-order valence-corrected chi connectivity index (χ2v) is 2.57. The maximum absolute atomic E-state index is 4.91. The van der Waals surface area contributed by atoms with Gasteiger partial charge >= 0.3 is 0 Å². The largest absolute Gasteiger partial charge is 0.363 e. The SMILES string of the molecule is CCNC(=S)NC(C)C.[HH]. The van der Waals surface area contributed by atoms with E-state index < -0.39 is 0 Å². The average Bonchev–Trinajstić information content (AvgIpc) is 1.63. The third kappa shape index (κ3) is 5.56. The summed E-state index contributed by atoms with van der Waals surface area (Å²) in [6.45, 7) is 7.03. The lowest BCUT2D eigenvalue weighted by atomic mass is 10.4. The maximum atomic E-state index is 4.91. The van der Waals surface area contributed by atoms with Gasteiger partial charge in [-0.05, 0) is 33.0 Å². The van der Waals surface area contributed by atoms with Gasteiger partial charge in [0.2, 0.25) is 0 Å². The summed E-state index contributed by atoms with van der Waals surface area (Å²) in [6.07, 6.45) is 0. The summed E-state index contributed by atoms with van der Waals surface area (Å²) < 4.78 is 0. The van der Waals surface area contributed by atoms with E-state index in [1.165, 1.54) is 0 Å². The molecule has 0 radical (unpaired) electrons. The molecule has 0 bridgehead atoms. The van der Waals surface area contributed by atoms with E-state index in [0.717, 1.165) is 11.7 Å². The highest BCUT2D eigenvalue weighted by Gasteiger charge is 1.93. The summed E-state index contributed by atoms with van der Waals surface area (Å²) in [6, 6.07) is 0.427. The fourth-order valence-electron chi connectivity index (χ4n) is 0.474. The molecular weight excluding hydrogens is 132 g/mol. The van der Waals surface area contributed by atoms with E-state index in [2.05, 4.69) is 24.5 Å². The molecule has 0 spiro atoms. The molecule has 0 unspecified atom stereocenters. The van der Waals surface area contributed by atoms with Crippen molar-refractivity contribution in [1.29, 1.82) is 0 Å². The zero-order valence-electron chi connectivity index (χ0n) is 6.19. The number of hydrogen-bond donors (Lipinski definition) is 2. The van der Waals surface area contributed by atoms with Crippen LogP contribution in [0, 0.1) is 0 Å². The Kier molecular flexibility index (Phi) is 4.40. The summed E-state index contributed by atoms with van der Waals surface area (Å²) in [5.41, 5.74) is 0. The lowest BCUT2D eigenvalue weighted by molar-refractivity contribution is 0.717. The molecule has 0 aliphatic carbocycles. The molecule has 9 heavy (non-hydrogen) atoms. The Morgan fingerprint density at radius 2 is 2.22 bits per heavy atom. The highest BCUT2D eigenvalue weighted by Crippen LogP contribution is 1.75. The molecule has 0 amide bonds. The van der Waals surface area contributed by atoms with Crippen molar-refractivity contribution < 1.29 is 1.43 Å². The van der Waals surface area contributed by atoms with E-state index in [0.29, 0.717) is 6.04 Å². The molecule has 56 valence electrons. The predicted octanol–water partition coefficient (Wildman–Crippen LogP) is 1.12. The van der Waals surface area contributed by atoms with Crippen molar-refractivity contribution in [3.63, 3.8) is 0 Å². The van der Waals surface area contributed by atoms with Crippen LogP contribution in [0.2, 0.25) is 0 Å². The van der Waals surface area contributed by atoms with E-state index in [4.69, 9.17) is 12.2 Å². The minimum Gasteiger partial charge on any atom is -0.363 e. The smallest absolute Gasteiger partial charge is 0.166 e. The number of nitrogens with one attached hydrogen (secondary N) is 2. The van der Waals surface area contributed by atoms with Crippen molar-refractivity contribution in [2.75, 3.05) is 6.54 Å². The van der Waals surface area contributed by atoms with Crippen LogP contribution in [0.1, 0.15) is 22.2 Å². The van der Waals surface area contributed by atoms with Crippen LogP contribution in [0.4, 0.5) is 0 Å². The molecule has 0 aromatic rings. The van der Waals surface area contributed by atoms with Crippen LogP contribution in [-0.4, -0.2) is 17.7 Å². The van der Waals surface area contributed by atoms with Crippen LogP contribution >= 0.6 is 12.2 Å². The first kappa shape index (κ1) is 8.69. The molecule has 0 saturated heterocycles. The molecule has 3 heteroatoms. The van der Waals surface area contributed by atoms with Crippen LogP contribution in [0.5, 0.6) is 0 Å². The molecule has 0 aromatic carbocycles. The molecular formula is C6H16N2S. The third-order valence-electron chi connectivity index (χ3n) is 0.757. The van der Waals surface area contributed by atoms with Gasteiger partial charge in [-0.25, -0.2) is 0 Å². The minimum absolute atomic E-state index is 0. The van der Waals surface area contributed by atoms with Crippen LogP contribution in [-0.2, 0) is 0 Å². The molecule has 2 N–H and O–H groups in total. The Bertz CT molecular complexity index is 95.7. The third-order valence-corrected chi connectivity index (χ3v) is 1.02. The molecule has 2 nitrogen and oxygen atoms in total. The van der Waals surface area contributed by atoms with Crippen molar-refractivity contribution in [2.24, 2.45) is 0 Å². The summed E-state index contributed by atoms with van der Waals surface area (Å²) in [5.74, 6) is 0. The first-order chi connectivity index (χ1) is 4.16. The first-order valence-electron chi connectivity index (χ1n) is 3.21. The standard InChI is InChI=1S/C6H14N2S.H2/c1-4-7-6(9)8-5(2)3;/h5H,4H2,1-3H3,(H2,7,8,9);1H. The van der Waals surface area contributed by atoms with Gasteiger partial charge in [-0.2, -0.15) is 0 Å². The van der Waals surface area contributed by atoms with Crippen molar-refractivity contribution in [1.82, 2.24) is 10.6 Å². The monoisotopic (exact) mass is 148 g/mol. The fourth-order valence-corrected chi connectivity index (χ4v) is 0.854. The molecule has 0 atom stereocenters. The number of thiocarbonyl (C=S) groups is 1. The van der Waals surface area contributed by atoms with Gasteiger partial charge in [-0.15, -0.1) is 0 Å². The average molecular weight is 148 g/mol. The Morgan fingerprint density at radius 3 is 2.56 bits per heavy atom. The zero-order valence-corrected chi connectivity index (χ0v) is 7.01. The topological polar surface area (TPSA) is 24.1 Å². The van der Waals surface area contributed by atoms with E-state index in [-0.39, 0.29) is 1.43 Å². The highest BCUT2D eigenvalue weighted by molar-refractivity contribution is 7.80. The van der Waals surface area contributed by atoms with Gasteiger partial charge in [0, 0.05) is 14.0 Å². The summed E-state index contributed by atoms with van der Waals surface area (Å²) in [5, 5.41) is 6.80. The van der Waals surface area contributed by atoms with Crippen LogP contribution in [0.15, 0.2) is 0 Å². The Labute approximate surface area is 63.5 Å². The summed E-state index contributed by atoms with van der Waals surface area (Å²) in [4.78, 5) is 0. The number of hydrogen-bond acceptors (Lipinski definition) is 1. The van der Waals surface area contributed by atoms with Crippen molar-refractivity contribution in [3.05, 3.63) is 0 Å². The molecule has 0 heterocycles. The highest BCUT2D eigenvalue weighted by atomic mass is 32.1. The quantitative estimate of drug-likeness (QED) is 0.574. The van der Waals surface area contributed by atoms with E-state index in [1.54, 1.807) is 0 Å². The maximum Gasteiger partial charge on any atom is 0.166 e. The van der Waals surface area contributed by atoms with Gasteiger partial charge in [0.25, 0.3) is 0 Å². The first-order valence-corrected chi connectivity index (χ1v) is 3.62. The van der Waals surface area contributed by atoms with Gasteiger partial charge in [0.1, 0.15) is 0 Å². The molecule has 0 rings (SSSR count). The van der Waals surface area contributed by atoms with E-state index in [1.807, 2.05) is 6.92 Å².